The summed E-state index contributed by atoms with van der Waals surface area (Å²) in [6.07, 6.45) is 0.779. The van der Waals surface area contributed by atoms with Gasteiger partial charge in [-0.1, -0.05) is 19.1 Å². The molecule has 1 amide bonds. The summed E-state index contributed by atoms with van der Waals surface area (Å²) in [7, 11) is 0. The average molecular weight is 412 g/mol. The number of aliphatic hydroxyl groups is 1. The van der Waals surface area contributed by atoms with Gasteiger partial charge in [-0.25, -0.2) is 0 Å². The maximum Gasteiger partial charge on any atom is 0.224 e. The van der Waals surface area contributed by atoms with Crippen LogP contribution in [-0.2, 0) is 10.2 Å². The highest BCUT2D eigenvalue weighted by Gasteiger charge is 2.47. The minimum Gasteiger partial charge on any atom is -0.492 e. The van der Waals surface area contributed by atoms with Crippen LogP contribution in [0.4, 0.5) is 11.4 Å². The fourth-order valence-electron chi connectivity index (χ4n) is 4.77. The lowest BCUT2D eigenvalue weighted by Crippen LogP contribution is -2.55. The number of nitrogens with one attached hydrogen (secondary N) is 1. The van der Waals surface area contributed by atoms with Crippen LogP contribution in [-0.4, -0.2) is 42.9 Å². The van der Waals surface area contributed by atoms with Gasteiger partial charge in [-0.3, -0.25) is 4.79 Å². The van der Waals surface area contributed by atoms with Gasteiger partial charge in [0.05, 0.1) is 6.61 Å². The monoisotopic (exact) mass is 411 g/mol. The van der Waals surface area contributed by atoms with Gasteiger partial charge in [-0.15, -0.1) is 0 Å². The molecule has 2 aromatic rings. The number of aliphatic hydroxyl groups excluding tert-OH is 1. The molecule has 1 aliphatic heterocycles. The molecule has 4 N–H and O–H groups in total. The minimum absolute atomic E-state index is 0.0339. The number of hydrogen-bond donors (Lipinski definition) is 3. The van der Waals surface area contributed by atoms with Crippen molar-refractivity contribution in [3.8, 4) is 5.75 Å². The van der Waals surface area contributed by atoms with Crippen molar-refractivity contribution in [3.05, 3.63) is 53.6 Å². The molecule has 1 atom stereocenters. The topological polar surface area (TPSA) is 87.8 Å². The van der Waals surface area contributed by atoms with E-state index in [0.29, 0.717) is 25.4 Å². The lowest BCUT2D eigenvalue weighted by atomic mass is 9.65. The van der Waals surface area contributed by atoms with Gasteiger partial charge in [0, 0.05) is 42.3 Å². The molecule has 6 heteroatoms. The second kappa shape index (κ2) is 8.66. The van der Waals surface area contributed by atoms with Crippen LogP contribution in [0.5, 0.6) is 5.75 Å². The molecule has 0 radical (unpaired) electrons. The number of rotatable bonds is 7. The predicted molar refractivity (Wildman–Crippen MR) is 121 cm³/mol. The Balaban J connectivity index is 1.92. The first-order chi connectivity index (χ1) is 14.2. The number of amides is 1. The van der Waals surface area contributed by atoms with Crippen molar-refractivity contribution in [2.24, 2.45) is 0 Å². The molecule has 2 aromatic carbocycles. The molecule has 3 rings (SSSR count). The predicted octanol–water partition coefficient (Wildman–Crippen LogP) is 3.07. The Morgan fingerprint density at radius 3 is 2.50 bits per heavy atom. The standard InChI is InChI=1S/C24H33N3O3/c1-17(29)27-22-10-7-19(25)15-21(22)24(4,16-23(27,2)3)18-5-8-20(9-6-18)30-14-12-26-11-13-28/h5-10,15,26,28H,11-14,16,25H2,1-4H3. The zero-order valence-electron chi connectivity index (χ0n) is 18.4. The zero-order chi connectivity index (χ0) is 21.9. The van der Waals surface area contributed by atoms with Crippen molar-refractivity contribution in [2.45, 2.75) is 45.1 Å². The normalized spacial score (nSPS) is 20.0. The Morgan fingerprint density at radius 2 is 1.87 bits per heavy atom. The molecule has 30 heavy (non-hydrogen) atoms. The van der Waals surface area contributed by atoms with Crippen molar-refractivity contribution < 1.29 is 14.6 Å². The highest BCUT2D eigenvalue weighted by molar-refractivity contribution is 5.95. The van der Waals surface area contributed by atoms with Gasteiger partial charge in [0.1, 0.15) is 12.4 Å². The van der Waals surface area contributed by atoms with Crippen molar-refractivity contribution >= 4 is 17.3 Å². The Bertz CT molecular complexity index is 895. The number of nitrogen functional groups attached to an aromatic ring is 1. The molecule has 1 heterocycles. The molecule has 0 fully saturated rings. The first kappa shape index (κ1) is 22.1. The SMILES string of the molecule is CC(=O)N1c2ccc(N)cc2C(C)(c2ccc(OCCNCCO)cc2)CC1(C)C. The van der Waals surface area contributed by atoms with Crippen LogP contribution >= 0.6 is 0 Å². The number of nitrogens with zero attached hydrogens (tertiary/aromatic N) is 1. The third-order valence-electron chi connectivity index (χ3n) is 5.89. The van der Waals surface area contributed by atoms with Crippen molar-refractivity contribution in [1.29, 1.82) is 0 Å². The molecular weight excluding hydrogens is 378 g/mol. The number of ether oxygens (including phenoxy) is 1. The van der Waals surface area contributed by atoms with E-state index < -0.39 is 0 Å². The second-order valence-electron chi connectivity index (χ2n) is 8.80. The van der Waals surface area contributed by atoms with E-state index in [0.717, 1.165) is 29.0 Å². The molecule has 1 aliphatic rings. The molecular formula is C24H33N3O3. The van der Waals surface area contributed by atoms with Gasteiger partial charge in [0.2, 0.25) is 5.91 Å². The third-order valence-corrected chi connectivity index (χ3v) is 5.89. The smallest absolute Gasteiger partial charge is 0.224 e. The van der Waals surface area contributed by atoms with E-state index in [2.05, 4.69) is 38.2 Å². The summed E-state index contributed by atoms with van der Waals surface area (Å²) in [6, 6.07) is 14.0. The molecule has 1 unspecified atom stereocenters. The molecule has 0 saturated carbocycles. The van der Waals surface area contributed by atoms with Crippen LogP contribution in [0.2, 0.25) is 0 Å². The summed E-state index contributed by atoms with van der Waals surface area (Å²) in [5.41, 5.74) is 9.36. The molecule has 162 valence electrons. The minimum atomic E-state index is -0.336. The fraction of sp³-hybridized carbons (Fsp3) is 0.458. The van der Waals surface area contributed by atoms with Crippen molar-refractivity contribution in [1.82, 2.24) is 5.32 Å². The van der Waals surface area contributed by atoms with E-state index >= 15 is 0 Å². The Hall–Kier alpha value is -2.57. The largest absolute Gasteiger partial charge is 0.492 e. The van der Waals surface area contributed by atoms with Gasteiger partial charge in [0.15, 0.2) is 0 Å². The number of fused-ring (bicyclic) bond motifs is 1. The summed E-state index contributed by atoms with van der Waals surface area (Å²) in [4.78, 5) is 14.4. The van der Waals surface area contributed by atoms with Crippen molar-refractivity contribution in [3.63, 3.8) is 0 Å². The molecule has 6 nitrogen and oxygen atoms in total. The van der Waals surface area contributed by atoms with Gasteiger partial charge in [-0.05, 0) is 61.7 Å². The Kier molecular flexibility index (Phi) is 6.38. The molecule has 0 aromatic heterocycles. The van der Waals surface area contributed by atoms with Gasteiger partial charge >= 0.3 is 0 Å². The molecule has 0 saturated heterocycles. The van der Waals surface area contributed by atoms with Crippen LogP contribution in [0.1, 0.15) is 45.2 Å². The van der Waals surface area contributed by atoms with E-state index in [1.54, 1.807) is 6.92 Å². The maximum absolute atomic E-state index is 12.5. The van der Waals surface area contributed by atoms with Crippen LogP contribution in [0.15, 0.2) is 42.5 Å². The zero-order valence-corrected chi connectivity index (χ0v) is 18.4. The highest BCUT2D eigenvalue weighted by atomic mass is 16.5. The van der Waals surface area contributed by atoms with Gasteiger partial charge < -0.3 is 25.8 Å². The maximum atomic E-state index is 12.5. The Labute approximate surface area is 179 Å². The lowest BCUT2D eigenvalue weighted by Gasteiger charge is -2.51. The summed E-state index contributed by atoms with van der Waals surface area (Å²) >= 11 is 0. The summed E-state index contributed by atoms with van der Waals surface area (Å²) in [6.45, 7) is 9.97. The summed E-state index contributed by atoms with van der Waals surface area (Å²) in [5.74, 6) is 0.841. The van der Waals surface area contributed by atoms with Crippen molar-refractivity contribution in [2.75, 3.05) is 36.9 Å². The quantitative estimate of drug-likeness (QED) is 0.481. The number of nitrogens with two attached hydrogens (primary N) is 1. The van der Waals surface area contributed by atoms with Crippen LogP contribution in [0, 0.1) is 0 Å². The van der Waals surface area contributed by atoms with E-state index in [-0.39, 0.29) is 23.5 Å². The number of hydrogen-bond acceptors (Lipinski definition) is 5. The van der Waals surface area contributed by atoms with E-state index in [4.69, 9.17) is 15.6 Å². The number of carbonyl (C=O) groups excluding carboxylic acids is 1. The molecule has 0 spiro atoms. The fourth-order valence-corrected chi connectivity index (χ4v) is 4.77. The summed E-state index contributed by atoms with van der Waals surface area (Å²) in [5, 5.41) is 11.9. The first-order valence-corrected chi connectivity index (χ1v) is 10.4. The van der Waals surface area contributed by atoms with Gasteiger partial charge in [-0.2, -0.15) is 0 Å². The molecule has 0 bridgehead atoms. The molecule has 0 aliphatic carbocycles. The number of anilines is 2. The highest BCUT2D eigenvalue weighted by Crippen LogP contribution is 2.51. The second-order valence-corrected chi connectivity index (χ2v) is 8.80. The summed E-state index contributed by atoms with van der Waals surface area (Å²) < 4.78 is 5.79. The number of benzene rings is 2. The average Bonchev–Trinajstić information content (AvgIpc) is 2.68. The van der Waals surface area contributed by atoms with Crippen LogP contribution in [0.25, 0.3) is 0 Å². The van der Waals surface area contributed by atoms with Crippen LogP contribution < -0.4 is 20.7 Å². The van der Waals surface area contributed by atoms with E-state index in [1.165, 1.54) is 0 Å². The lowest BCUT2D eigenvalue weighted by molar-refractivity contribution is -0.117. The van der Waals surface area contributed by atoms with Gasteiger partial charge in [0.25, 0.3) is 0 Å². The number of carbonyl (C=O) groups is 1. The first-order valence-electron chi connectivity index (χ1n) is 10.4. The Morgan fingerprint density at radius 1 is 1.17 bits per heavy atom. The third kappa shape index (κ3) is 4.30. The van der Waals surface area contributed by atoms with Crippen LogP contribution in [0.3, 0.4) is 0 Å². The van der Waals surface area contributed by atoms with E-state index in [9.17, 15) is 4.79 Å². The van der Waals surface area contributed by atoms with E-state index in [1.807, 2.05) is 35.2 Å².